The Kier molecular flexibility index (Phi) is 14.3. The minimum atomic E-state index is -4.28. The zero-order valence-corrected chi connectivity index (χ0v) is 29.6. The monoisotopic (exact) mass is 701 g/mol. The molecule has 3 heterocycles. The van der Waals surface area contributed by atoms with Gasteiger partial charge in [0.05, 0.1) is 40.4 Å². The Balaban J connectivity index is 1.96. The molecule has 2 aromatic rings. The predicted octanol–water partition coefficient (Wildman–Crippen LogP) is 3.12. The van der Waals surface area contributed by atoms with Crippen LogP contribution in [0.4, 0.5) is 10.7 Å². The summed E-state index contributed by atoms with van der Waals surface area (Å²) in [7, 11) is -1.70. The van der Waals surface area contributed by atoms with E-state index in [1.54, 1.807) is 18.4 Å². The summed E-state index contributed by atoms with van der Waals surface area (Å²) in [6.45, 7) is 10.7. The first-order valence-electron chi connectivity index (χ1n) is 15.8. The van der Waals surface area contributed by atoms with Crippen LogP contribution < -0.4 is 20.6 Å². The molecule has 2 unspecified atom stereocenters. The van der Waals surface area contributed by atoms with Crippen molar-refractivity contribution in [2.24, 2.45) is 11.8 Å². The van der Waals surface area contributed by atoms with Gasteiger partial charge < -0.3 is 38.7 Å². The largest absolute Gasteiger partial charge is 0.508 e. The van der Waals surface area contributed by atoms with Gasteiger partial charge in [-0.1, -0.05) is 27.7 Å². The number of esters is 2. The maximum Gasteiger partial charge on any atom is 0.508 e. The third-order valence-electron chi connectivity index (χ3n) is 7.13. The van der Waals surface area contributed by atoms with Crippen molar-refractivity contribution in [2.75, 3.05) is 39.8 Å². The van der Waals surface area contributed by atoms with Crippen molar-refractivity contribution in [3.8, 4) is 5.88 Å². The van der Waals surface area contributed by atoms with E-state index in [2.05, 4.69) is 25.1 Å². The van der Waals surface area contributed by atoms with Crippen LogP contribution >= 0.6 is 7.67 Å². The molecule has 1 fully saturated rings. The fourth-order valence-electron chi connectivity index (χ4n) is 5.11. The summed E-state index contributed by atoms with van der Waals surface area (Å²) in [6, 6.07) is -2.11. The first-order chi connectivity index (χ1) is 22.7. The zero-order valence-electron chi connectivity index (χ0n) is 28.7. The van der Waals surface area contributed by atoms with E-state index < -0.39 is 62.9 Å². The molecular formula is C29H48N7O11P. The first-order valence-corrected chi connectivity index (χ1v) is 17.4. The molecule has 0 aliphatic carbocycles. The van der Waals surface area contributed by atoms with E-state index in [0.717, 1.165) is 7.11 Å². The maximum atomic E-state index is 14.6. The third-order valence-corrected chi connectivity index (χ3v) is 8.95. The van der Waals surface area contributed by atoms with Crippen molar-refractivity contribution >= 4 is 42.9 Å². The Bertz CT molecular complexity index is 1400. The molecule has 270 valence electrons. The maximum absolute atomic E-state index is 14.6. The van der Waals surface area contributed by atoms with E-state index in [1.165, 1.54) is 13.4 Å². The van der Waals surface area contributed by atoms with Gasteiger partial charge in [0.15, 0.2) is 11.2 Å². The number of carbonyl (C=O) groups is 3. The predicted molar refractivity (Wildman–Crippen MR) is 172 cm³/mol. The van der Waals surface area contributed by atoms with E-state index in [1.807, 2.05) is 27.7 Å². The SMILES string of the molecule is CCOC(=O)C(CC(C)C)NP(=O)(NC(CC(C)C)C(=O)OCC)OC[C@H]1O[C@@H](n2cnc3c(OC)nc(N)nc32)C[C@H]1OC(=O)OC. The lowest BCUT2D eigenvalue weighted by atomic mass is 10.1. The van der Waals surface area contributed by atoms with Gasteiger partial charge in [0.2, 0.25) is 11.8 Å². The van der Waals surface area contributed by atoms with Crippen LogP contribution in [0.15, 0.2) is 6.33 Å². The molecule has 1 aliphatic rings. The summed E-state index contributed by atoms with van der Waals surface area (Å²) in [6.07, 6.45) is -1.71. The number of hydrogen-bond donors (Lipinski definition) is 3. The molecule has 0 bridgehead atoms. The number of nitrogens with two attached hydrogens (primary N) is 1. The van der Waals surface area contributed by atoms with Crippen LogP contribution in [0.2, 0.25) is 0 Å². The second-order valence-electron chi connectivity index (χ2n) is 11.9. The molecule has 18 nitrogen and oxygen atoms in total. The Morgan fingerprint density at radius 1 is 1.02 bits per heavy atom. The summed E-state index contributed by atoms with van der Waals surface area (Å²) in [5.74, 6) is -1.19. The highest BCUT2D eigenvalue weighted by Crippen LogP contribution is 2.43. The van der Waals surface area contributed by atoms with E-state index in [4.69, 9.17) is 38.7 Å². The summed E-state index contributed by atoms with van der Waals surface area (Å²) in [5.41, 5.74) is 6.50. The molecule has 0 amide bonds. The molecule has 1 saturated heterocycles. The smallest absolute Gasteiger partial charge is 0.479 e. The van der Waals surface area contributed by atoms with Gasteiger partial charge in [-0.3, -0.25) is 18.7 Å². The van der Waals surface area contributed by atoms with Crippen LogP contribution in [0.5, 0.6) is 5.88 Å². The quantitative estimate of drug-likeness (QED) is 0.115. The van der Waals surface area contributed by atoms with Crippen molar-refractivity contribution in [1.29, 1.82) is 0 Å². The molecule has 0 saturated carbocycles. The van der Waals surface area contributed by atoms with Crippen LogP contribution in [-0.4, -0.2) is 95.9 Å². The number of fused-ring (bicyclic) bond motifs is 1. The highest BCUT2D eigenvalue weighted by molar-refractivity contribution is 7.54. The standard InChI is InChI=1S/C29H48N7O11P/c1-9-43-26(37)18(11-16(3)4)34-48(40,35-19(12-17(5)6)27(38)44-10-2)45-14-21-20(47-29(39)42-8)13-22(46-21)36-15-31-23-24(36)32-28(30)33-25(23)41-7/h15-22H,9-14H2,1-8H3,(H2,30,32,33)(H2,34,35,40)/t18?,19?,20-,21-,22-,48?/m1/s1. The van der Waals surface area contributed by atoms with Crippen LogP contribution in [0, 0.1) is 11.8 Å². The lowest BCUT2D eigenvalue weighted by molar-refractivity contribution is -0.146. The Hall–Kier alpha value is -3.57. The number of carbonyl (C=O) groups excluding carboxylic acids is 3. The normalized spacial score (nSPS) is 20.3. The number of nitrogens with zero attached hydrogens (tertiary/aromatic N) is 4. The Labute approximate surface area is 279 Å². The summed E-state index contributed by atoms with van der Waals surface area (Å²) < 4.78 is 54.5. The first kappa shape index (κ1) is 38.9. The van der Waals surface area contributed by atoms with E-state index in [-0.39, 0.29) is 56.1 Å². The number of nitrogens with one attached hydrogen (secondary N) is 2. The molecule has 0 radical (unpaired) electrons. The van der Waals surface area contributed by atoms with Gasteiger partial charge in [-0.05, 0) is 38.5 Å². The van der Waals surface area contributed by atoms with E-state index >= 15 is 0 Å². The number of rotatable bonds is 18. The van der Waals surface area contributed by atoms with Gasteiger partial charge in [0.1, 0.15) is 30.5 Å². The molecule has 5 atom stereocenters. The number of aromatic nitrogens is 4. The Morgan fingerprint density at radius 3 is 2.10 bits per heavy atom. The van der Waals surface area contributed by atoms with Gasteiger partial charge in [-0.25, -0.2) is 20.0 Å². The van der Waals surface area contributed by atoms with E-state index in [0.29, 0.717) is 11.2 Å². The molecule has 1 aliphatic heterocycles. The van der Waals surface area contributed by atoms with Crippen molar-refractivity contribution in [2.45, 2.75) is 91.3 Å². The Morgan fingerprint density at radius 2 is 1.60 bits per heavy atom. The molecule has 3 rings (SSSR count). The molecule has 2 aromatic heterocycles. The van der Waals surface area contributed by atoms with Crippen LogP contribution in [0.1, 0.15) is 67.0 Å². The van der Waals surface area contributed by atoms with Crippen molar-refractivity contribution in [3.05, 3.63) is 6.33 Å². The van der Waals surface area contributed by atoms with Crippen molar-refractivity contribution < 1.29 is 51.9 Å². The van der Waals surface area contributed by atoms with Gasteiger partial charge in [-0.2, -0.15) is 9.97 Å². The molecule has 0 spiro atoms. The van der Waals surface area contributed by atoms with Crippen molar-refractivity contribution in [1.82, 2.24) is 29.7 Å². The van der Waals surface area contributed by atoms with Crippen LogP contribution in [-0.2, 0) is 42.4 Å². The molecule has 19 heteroatoms. The third kappa shape index (κ3) is 10.5. The average molecular weight is 702 g/mol. The number of ether oxygens (including phenoxy) is 6. The highest BCUT2D eigenvalue weighted by Gasteiger charge is 2.43. The zero-order chi connectivity index (χ0) is 35.6. The average Bonchev–Trinajstić information content (AvgIpc) is 3.62. The summed E-state index contributed by atoms with van der Waals surface area (Å²) in [4.78, 5) is 50.8. The van der Waals surface area contributed by atoms with Crippen LogP contribution in [0.25, 0.3) is 11.2 Å². The lowest BCUT2D eigenvalue weighted by Crippen LogP contribution is -2.46. The van der Waals surface area contributed by atoms with E-state index in [9.17, 15) is 18.9 Å². The van der Waals surface area contributed by atoms with Gasteiger partial charge in [-0.15, -0.1) is 0 Å². The molecule has 4 N–H and O–H groups in total. The molecule has 48 heavy (non-hydrogen) atoms. The molecular weight excluding hydrogens is 653 g/mol. The minimum absolute atomic E-state index is 0.00453. The lowest BCUT2D eigenvalue weighted by Gasteiger charge is -2.30. The fraction of sp³-hybridized carbons (Fsp3) is 0.724. The van der Waals surface area contributed by atoms with Gasteiger partial charge in [0.25, 0.3) is 0 Å². The second-order valence-corrected chi connectivity index (χ2v) is 13.7. The fourth-order valence-corrected chi connectivity index (χ4v) is 6.93. The highest BCUT2D eigenvalue weighted by atomic mass is 31.2. The second kappa shape index (κ2) is 17.7. The number of nitrogen functional groups attached to an aromatic ring is 1. The number of methoxy groups -OCH3 is 2. The van der Waals surface area contributed by atoms with Crippen molar-refractivity contribution in [3.63, 3.8) is 0 Å². The van der Waals surface area contributed by atoms with Gasteiger partial charge >= 0.3 is 25.8 Å². The number of imidazole rings is 1. The topological polar surface area (TPSA) is 227 Å². The summed E-state index contributed by atoms with van der Waals surface area (Å²) in [5, 5.41) is 5.62. The molecule has 0 aromatic carbocycles. The van der Waals surface area contributed by atoms with Crippen LogP contribution in [0.3, 0.4) is 0 Å². The number of anilines is 1. The summed E-state index contributed by atoms with van der Waals surface area (Å²) >= 11 is 0. The minimum Gasteiger partial charge on any atom is -0.479 e. The van der Waals surface area contributed by atoms with Gasteiger partial charge in [0, 0.05) is 6.42 Å². The number of hydrogen-bond acceptors (Lipinski definition) is 15.